The highest BCUT2D eigenvalue weighted by Crippen LogP contribution is 2.38. The Morgan fingerprint density at radius 2 is 1.73 bits per heavy atom. The summed E-state index contributed by atoms with van der Waals surface area (Å²) >= 11 is 0. The van der Waals surface area contributed by atoms with Crippen molar-refractivity contribution in [2.45, 2.75) is 24.7 Å². The van der Waals surface area contributed by atoms with Crippen LogP contribution in [-0.4, -0.2) is 70.4 Å². The first-order chi connectivity index (χ1) is 17.9. The highest BCUT2D eigenvalue weighted by molar-refractivity contribution is 7.89. The van der Waals surface area contributed by atoms with Gasteiger partial charge in [-0.05, 0) is 73.0 Å². The second-order valence-electron chi connectivity index (χ2n) is 9.83. The molecule has 2 heterocycles. The van der Waals surface area contributed by atoms with E-state index in [2.05, 4.69) is 52.0 Å². The number of anilines is 1. The van der Waals surface area contributed by atoms with Crippen LogP contribution in [0.1, 0.15) is 30.0 Å². The van der Waals surface area contributed by atoms with E-state index < -0.39 is 10.0 Å². The van der Waals surface area contributed by atoms with Gasteiger partial charge in [-0.25, -0.2) is 13.1 Å². The number of rotatable bonds is 8. The number of piperazine rings is 1. The fraction of sp³-hybridized carbons (Fsp3) is 0.345. The molecule has 2 aliphatic carbocycles. The summed E-state index contributed by atoms with van der Waals surface area (Å²) in [6.45, 7) is 7.48. The smallest absolute Gasteiger partial charge is 0.256 e. The average Bonchev–Trinajstić information content (AvgIpc) is 3.26. The number of benzene rings is 1. The van der Waals surface area contributed by atoms with Crippen molar-refractivity contribution in [2.75, 3.05) is 51.6 Å². The van der Waals surface area contributed by atoms with Crippen molar-refractivity contribution in [3.8, 4) is 11.1 Å². The molecule has 8 heteroatoms. The lowest BCUT2D eigenvalue weighted by Crippen LogP contribution is -2.45. The number of carbonyl (C=O) groups is 1. The summed E-state index contributed by atoms with van der Waals surface area (Å²) in [4.78, 5) is 17.7. The lowest BCUT2D eigenvalue weighted by Gasteiger charge is -2.32. The van der Waals surface area contributed by atoms with Gasteiger partial charge in [0, 0.05) is 49.5 Å². The Morgan fingerprint density at radius 1 is 0.973 bits per heavy atom. The first-order valence-corrected chi connectivity index (χ1v) is 14.4. The number of carbonyl (C=O) groups excluding carboxylic acids is 1. The van der Waals surface area contributed by atoms with Crippen LogP contribution >= 0.6 is 0 Å². The van der Waals surface area contributed by atoms with E-state index in [0.29, 0.717) is 23.4 Å². The molecule has 0 spiro atoms. The van der Waals surface area contributed by atoms with Crippen LogP contribution in [0.15, 0.2) is 59.5 Å². The van der Waals surface area contributed by atoms with Crippen molar-refractivity contribution in [1.29, 1.82) is 0 Å². The minimum atomic E-state index is -3.69. The summed E-state index contributed by atoms with van der Waals surface area (Å²) in [5.74, 6) is -0.225. The summed E-state index contributed by atoms with van der Waals surface area (Å²) in [6, 6.07) is 17.1. The van der Waals surface area contributed by atoms with Gasteiger partial charge in [0.05, 0.1) is 4.90 Å². The molecule has 0 aromatic heterocycles. The molecule has 0 saturated carbocycles. The first-order valence-electron chi connectivity index (χ1n) is 12.9. The van der Waals surface area contributed by atoms with Gasteiger partial charge >= 0.3 is 0 Å². The second-order valence-corrected chi connectivity index (χ2v) is 11.6. The monoisotopic (exact) mass is 518 g/mol. The van der Waals surface area contributed by atoms with Gasteiger partial charge in [0.25, 0.3) is 5.91 Å². The fourth-order valence-electron chi connectivity index (χ4n) is 5.13. The maximum Gasteiger partial charge on any atom is 0.256 e. The van der Waals surface area contributed by atoms with Gasteiger partial charge in [-0.2, -0.15) is 0 Å². The number of nitrogens with one attached hydrogen (secondary N) is 2. The maximum atomic E-state index is 13.1. The predicted molar refractivity (Wildman–Crippen MR) is 149 cm³/mol. The Morgan fingerprint density at radius 3 is 2.49 bits per heavy atom. The van der Waals surface area contributed by atoms with Gasteiger partial charge < -0.3 is 15.1 Å². The van der Waals surface area contributed by atoms with Crippen LogP contribution in [-0.2, 0) is 21.2 Å². The Bertz CT molecular complexity index is 1410. The van der Waals surface area contributed by atoms with Gasteiger partial charge in [-0.1, -0.05) is 43.3 Å². The van der Waals surface area contributed by atoms with Crippen LogP contribution in [0.2, 0.25) is 0 Å². The van der Waals surface area contributed by atoms with Crippen molar-refractivity contribution in [3.05, 3.63) is 71.3 Å². The topological polar surface area (TPSA) is 81.7 Å². The van der Waals surface area contributed by atoms with E-state index in [1.807, 2.05) is 24.3 Å². The summed E-state index contributed by atoms with van der Waals surface area (Å²) in [6.07, 6.45) is 3.51. The van der Waals surface area contributed by atoms with Crippen molar-refractivity contribution in [2.24, 2.45) is 0 Å². The summed E-state index contributed by atoms with van der Waals surface area (Å²) in [7, 11) is -1.57. The van der Waals surface area contributed by atoms with Crippen LogP contribution < -0.4 is 10.0 Å². The van der Waals surface area contributed by atoms with Crippen LogP contribution in [0.25, 0.3) is 22.8 Å². The number of nitrogens with zero attached hydrogens (tertiary/aromatic N) is 2. The molecule has 1 amide bonds. The average molecular weight is 519 g/mol. The zero-order valence-corrected chi connectivity index (χ0v) is 22.3. The van der Waals surface area contributed by atoms with Gasteiger partial charge in [-0.3, -0.25) is 4.79 Å². The minimum Gasteiger partial charge on any atom is -0.321 e. The Balaban J connectivity index is 1.35. The van der Waals surface area contributed by atoms with Crippen molar-refractivity contribution in [3.63, 3.8) is 0 Å². The second kappa shape index (κ2) is 10.8. The number of hydrogen-bond donors (Lipinski definition) is 2. The molecule has 2 N–H and O–H groups in total. The lowest BCUT2D eigenvalue weighted by atomic mass is 10.0. The van der Waals surface area contributed by atoms with Gasteiger partial charge in [0.15, 0.2) is 0 Å². The van der Waals surface area contributed by atoms with Gasteiger partial charge in [0.1, 0.15) is 0 Å². The third kappa shape index (κ3) is 5.48. The van der Waals surface area contributed by atoms with Gasteiger partial charge in [0.2, 0.25) is 10.0 Å². The van der Waals surface area contributed by atoms with E-state index in [1.165, 1.54) is 5.56 Å². The molecular weight excluding hydrogens is 484 g/mol. The van der Waals surface area contributed by atoms with Crippen LogP contribution in [0, 0.1) is 0 Å². The minimum absolute atomic E-state index is 0.168. The summed E-state index contributed by atoms with van der Waals surface area (Å²) in [5.41, 5.74) is 6.12. The fourth-order valence-corrected chi connectivity index (χ4v) is 6.23. The molecule has 0 radical (unpaired) electrons. The largest absolute Gasteiger partial charge is 0.321 e. The molecule has 1 saturated heterocycles. The zero-order chi connectivity index (χ0) is 26.0. The van der Waals surface area contributed by atoms with E-state index in [-0.39, 0.29) is 10.8 Å². The summed E-state index contributed by atoms with van der Waals surface area (Å²) < 4.78 is 28.9. The van der Waals surface area contributed by atoms with Crippen molar-refractivity contribution < 1.29 is 13.2 Å². The van der Waals surface area contributed by atoms with Crippen LogP contribution in [0.3, 0.4) is 0 Å². The molecule has 7 nitrogen and oxygen atoms in total. The van der Waals surface area contributed by atoms with E-state index in [0.717, 1.165) is 62.3 Å². The molecule has 1 aromatic carbocycles. The van der Waals surface area contributed by atoms with E-state index in [4.69, 9.17) is 0 Å². The highest BCUT2D eigenvalue weighted by Gasteiger charge is 2.27. The molecular formula is C29H34N4O3S. The Hall–Kier alpha value is -3.04. The number of sulfonamides is 1. The molecule has 4 aliphatic rings. The van der Waals surface area contributed by atoms with E-state index in [1.54, 1.807) is 18.2 Å². The highest BCUT2D eigenvalue weighted by atomic mass is 32.2. The van der Waals surface area contributed by atoms with Crippen LogP contribution in [0.4, 0.5) is 5.69 Å². The first kappa shape index (κ1) is 25.6. The summed E-state index contributed by atoms with van der Waals surface area (Å²) in [5, 5.41) is 2.88. The third-order valence-corrected chi connectivity index (χ3v) is 8.79. The molecule has 1 aromatic rings. The molecule has 1 fully saturated rings. The molecule has 37 heavy (non-hydrogen) atoms. The standard InChI is InChI=1S/C29H34N4O3S/c1-3-21-18-22(25-9-6-4-5-8-24(21)25)19-27-26-20-23(10-11-28(26)31-29(27)34)37(35,36)30-12-7-13-33-16-14-32(2)15-17-33/h4-6,8-11,18-20,30H,3,7,12-17H2,1-2H3,(H,31,34)/b27-19-. The molecule has 194 valence electrons. The quantitative estimate of drug-likeness (QED) is 0.351. The molecule has 5 rings (SSSR count). The van der Waals surface area contributed by atoms with Crippen molar-refractivity contribution >= 4 is 33.3 Å². The number of amides is 1. The number of hydrogen-bond acceptors (Lipinski definition) is 5. The lowest BCUT2D eigenvalue weighted by molar-refractivity contribution is -0.110. The molecule has 0 atom stereocenters. The zero-order valence-electron chi connectivity index (χ0n) is 21.5. The molecule has 0 bridgehead atoms. The number of fused-ring (bicyclic) bond motifs is 2. The third-order valence-electron chi connectivity index (χ3n) is 7.33. The van der Waals surface area contributed by atoms with Crippen LogP contribution in [0.5, 0.6) is 0 Å². The Labute approximate surface area is 219 Å². The Kier molecular flexibility index (Phi) is 7.44. The normalized spacial score (nSPS) is 17.9. The van der Waals surface area contributed by atoms with E-state index >= 15 is 0 Å². The molecule has 0 unspecified atom stereocenters. The van der Waals surface area contributed by atoms with Crippen molar-refractivity contribution in [1.82, 2.24) is 14.5 Å². The van der Waals surface area contributed by atoms with E-state index in [9.17, 15) is 13.2 Å². The molecule has 2 aliphatic heterocycles. The predicted octanol–water partition coefficient (Wildman–Crippen LogP) is 3.76. The maximum absolute atomic E-state index is 13.1. The van der Waals surface area contributed by atoms with Gasteiger partial charge in [-0.15, -0.1) is 0 Å². The number of likely N-dealkylation sites (N-methyl/N-ethyl adjacent to an activating group) is 1. The number of aryl methyl sites for hydroxylation is 1. The SMILES string of the molecule is CCc1cc(/C=C2\C(=O)Nc3ccc(S(=O)(=O)NCCCN4CCN(C)CC4)cc32)c2cccccc1-2.